The maximum atomic E-state index is 12.0. The number of nitrogens with zero attached hydrogens (tertiary/aromatic N) is 2. The Morgan fingerprint density at radius 2 is 2.05 bits per heavy atom. The normalized spacial score (nSPS) is 10.9. The van der Waals surface area contributed by atoms with Gasteiger partial charge in [-0.3, -0.25) is 0 Å². The van der Waals surface area contributed by atoms with Crippen molar-refractivity contribution in [3.8, 4) is 5.75 Å². The molecule has 1 heterocycles. The molecule has 19 heavy (non-hydrogen) atoms. The summed E-state index contributed by atoms with van der Waals surface area (Å²) >= 11 is 0. The van der Waals surface area contributed by atoms with Gasteiger partial charge in [-0.25, -0.2) is 4.98 Å². The molecule has 0 radical (unpaired) electrons. The van der Waals surface area contributed by atoms with Crippen LogP contribution in [0.1, 0.15) is 5.56 Å². The smallest absolute Gasteiger partial charge is 0.387 e. The number of halogens is 2. The molecule has 0 bridgehead atoms. The van der Waals surface area contributed by atoms with Gasteiger partial charge in [0.15, 0.2) is 0 Å². The van der Waals surface area contributed by atoms with Crippen LogP contribution < -0.4 is 10.1 Å². The molecule has 2 rings (SSSR count). The van der Waals surface area contributed by atoms with Crippen molar-refractivity contribution >= 4 is 0 Å². The number of ether oxygens (including phenoxy) is 1. The van der Waals surface area contributed by atoms with Crippen LogP contribution in [0.5, 0.6) is 5.75 Å². The molecule has 0 fully saturated rings. The second-order valence-electron chi connectivity index (χ2n) is 4.00. The average Bonchev–Trinajstić information content (AvgIpc) is 2.89. The third-order valence-corrected chi connectivity index (χ3v) is 2.58. The van der Waals surface area contributed by atoms with Gasteiger partial charge in [0.25, 0.3) is 0 Å². The van der Waals surface area contributed by atoms with Crippen LogP contribution in [-0.4, -0.2) is 22.7 Å². The van der Waals surface area contributed by atoms with Gasteiger partial charge < -0.3 is 14.6 Å². The summed E-state index contributed by atoms with van der Waals surface area (Å²) in [5.74, 6) is 0.178. The molecule has 0 amide bonds. The zero-order valence-corrected chi connectivity index (χ0v) is 10.3. The van der Waals surface area contributed by atoms with Crippen molar-refractivity contribution in [2.24, 2.45) is 0 Å². The predicted octanol–water partition coefficient (Wildman–Crippen LogP) is 2.27. The second-order valence-corrected chi connectivity index (χ2v) is 4.00. The highest BCUT2D eigenvalue weighted by molar-refractivity contribution is 5.27. The number of benzene rings is 1. The number of alkyl halides is 2. The standard InChI is InChI=1S/C13H15F2N3O/c14-13(15)19-12-3-1-11(2-4-12)9-16-5-7-18-8-6-17-10-18/h1-4,6,8,10,13,16H,5,7,9H2. The van der Waals surface area contributed by atoms with Gasteiger partial charge >= 0.3 is 6.61 Å². The molecule has 0 unspecified atom stereocenters. The minimum atomic E-state index is -2.78. The number of hydrogen-bond acceptors (Lipinski definition) is 3. The van der Waals surface area contributed by atoms with Crippen LogP contribution in [0.2, 0.25) is 0 Å². The van der Waals surface area contributed by atoms with Crippen molar-refractivity contribution in [3.05, 3.63) is 48.5 Å². The number of rotatable bonds is 7. The molecule has 102 valence electrons. The Kier molecular flexibility index (Phi) is 4.85. The van der Waals surface area contributed by atoms with Crippen molar-refractivity contribution < 1.29 is 13.5 Å². The lowest BCUT2D eigenvalue weighted by molar-refractivity contribution is -0.0498. The van der Waals surface area contributed by atoms with Gasteiger partial charge in [-0.05, 0) is 17.7 Å². The van der Waals surface area contributed by atoms with E-state index in [1.165, 1.54) is 0 Å². The van der Waals surface area contributed by atoms with Crippen LogP contribution in [0.4, 0.5) is 8.78 Å². The van der Waals surface area contributed by atoms with Gasteiger partial charge in [-0.1, -0.05) is 12.1 Å². The molecular formula is C13H15F2N3O. The highest BCUT2D eigenvalue weighted by Crippen LogP contribution is 2.14. The van der Waals surface area contributed by atoms with E-state index in [9.17, 15) is 8.78 Å². The molecule has 1 aromatic heterocycles. The van der Waals surface area contributed by atoms with Gasteiger partial charge in [-0.2, -0.15) is 8.78 Å². The molecule has 0 saturated carbocycles. The number of nitrogens with one attached hydrogen (secondary N) is 1. The Morgan fingerprint density at radius 3 is 2.68 bits per heavy atom. The molecule has 0 spiro atoms. The second kappa shape index (κ2) is 6.84. The molecule has 0 aliphatic rings. The summed E-state index contributed by atoms with van der Waals surface area (Å²) in [6.45, 7) is -0.443. The van der Waals surface area contributed by atoms with Gasteiger partial charge in [0.05, 0.1) is 6.33 Å². The van der Waals surface area contributed by atoms with Crippen molar-refractivity contribution in [1.82, 2.24) is 14.9 Å². The van der Waals surface area contributed by atoms with E-state index in [1.54, 1.807) is 36.8 Å². The third kappa shape index (κ3) is 4.67. The molecule has 0 saturated heterocycles. The fourth-order valence-corrected chi connectivity index (χ4v) is 1.65. The lowest BCUT2D eigenvalue weighted by Crippen LogP contribution is -2.18. The maximum Gasteiger partial charge on any atom is 0.387 e. The Balaban J connectivity index is 1.71. The van der Waals surface area contributed by atoms with Gasteiger partial charge in [0, 0.05) is 32.0 Å². The third-order valence-electron chi connectivity index (χ3n) is 2.58. The summed E-state index contributed by atoms with van der Waals surface area (Å²) in [6, 6.07) is 6.61. The predicted molar refractivity (Wildman–Crippen MR) is 67.0 cm³/mol. The van der Waals surface area contributed by atoms with Crippen molar-refractivity contribution in [1.29, 1.82) is 0 Å². The molecular weight excluding hydrogens is 252 g/mol. The van der Waals surface area contributed by atoms with Crippen molar-refractivity contribution in [3.63, 3.8) is 0 Å². The minimum Gasteiger partial charge on any atom is -0.435 e. The minimum absolute atomic E-state index is 0.178. The Labute approximate surface area is 110 Å². The number of imidazole rings is 1. The van der Waals surface area contributed by atoms with E-state index in [4.69, 9.17) is 0 Å². The lowest BCUT2D eigenvalue weighted by atomic mass is 10.2. The molecule has 4 nitrogen and oxygen atoms in total. The van der Waals surface area contributed by atoms with E-state index >= 15 is 0 Å². The fourth-order valence-electron chi connectivity index (χ4n) is 1.65. The zero-order valence-electron chi connectivity index (χ0n) is 10.3. The molecule has 1 N–H and O–H groups in total. The molecule has 0 atom stereocenters. The van der Waals surface area contributed by atoms with Crippen LogP contribution >= 0.6 is 0 Å². The molecule has 6 heteroatoms. The summed E-state index contributed by atoms with van der Waals surface area (Å²) in [6.07, 6.45) is 5.40. The highest BCUT2D eigenvalue weighted by Gasteiger charge is 2.03. The summed E-state index contributed by atoms with van der Waals surface area (Å²) in [4.78, 5) is 3.95. The summed E-state index contributed by atoms with van der Waals surface area (Å²) in [7, 11) is 0. The van der Waals surface area contributed by atoms with E-state index in [-0.39, 0.29) is 5.75 Å². The number of aromatic nitrogens is 2. The van der Waals surface area contributed by atoms with E-state index < -0.39 is 6.61 Å². The van der Waals surface area contributed by atoms with E-state index in [0.717, 1.165) is 18.7 Å². The first-order valence-electron chi connectivity index (χ1n) is 5.94. The quantitative estimate of drug-likeness (QED) is 0.782. The topological polar surface area (TPSA) is 39.1 Å². The van der Waals surface area contributed by atoms with E-state index in [2.05, 4.69) is 15.0 Å². The van der Waals surface area contributed by atoms with Gasteiger partial charge in [0.1, 0.15) is 5.75 Å². The molecule has 0 aliphatic carbocycles. The van der Waals surface area contributed by atoms with Crippen molar-refractivity contribution in [2.45, 2.75) is 19.7 Å². The maximum absolute atomic E-state index is 12.0. The van der Waals surface area contributed by atoms with Crippen LogP contribution in [0.15, 0.2) is 43.0 Å². The van der Waals surface area contributed by atoms with Crippen molar-refractivity contribution in [2.75, 3.05) is 6.54 Å². The lowest BCUT2D eigenvalue weighted by Gasteiger charge is -2.07. The van der Waals surface area contributed by atoms with E-state index in [1.807, 2.05) is 10.8 Å². The van der Waals surface area contributed by atoms with Crippen LogP contribution in [0.3, 0.4) is 0 Å². The SMILES string of the molecule is FC(F)Oc1ccc(CNCCn2ccnc2)cc1. The highest BCUT2D eigenvalue weighted by atomic mass is 19.3. The summed E-state index contributed by atoms with van der Waals surface area (Å²) < 4.78 is 30.2. The Hall–Kier alpha value is -1.95. The first-order chi connectivity index (χ1) is 9.24. The fraction of sp³-hybridized carbons (Fsp3) is 0.308. The van der Waals surface area contributed by atoms with Gasteiger partial charge in [0.2, 0.25) is 0 Å². The Bertz CT molecular complexity index is 471. The first-order valence-corrected chi connectivity index (χ1v) is 5.94. The number of hydrogen-bond donors (Lipinski definition) is 1. The average molecular weight is 267 g/mol. The van der Waals surface area contributed by atoms with Crippen LogP contribution in [-0.2, 0) is 13.1 Å². The largest absolute Gasteiger partial charge is 0.435 e. The van der Waals surface area contributed by atoms with E-state index in [0.29, 0.717) is 6.54 Å². The molecule has 1 aromatic carbocycles. The van der Waals surface area contributed by atoms with Gasteiger partial charge in [-0.15, -0.1) is 0 Å². The zero-order chi connectivity index (χ0) is 13.5. The monoisotopic (exact) mass is 267 g/mol. The summed E-state index contributed by atoms with van der Waals surface area (Å²) in [5.41, 5.74) is 1.02. The molecule has 2 aromatic rings. The van der Waals surface area contributed by atoms with Crippen LogP contribution in [0, 0.1) is 0 Å². The van der Waals surface area contributed by atoms with Crippen LogP contribution in [0.25, 0.3) is 0 Å². The summed E-state index contributed by atoms with van der Waals surface area (Å²) in [5, 5.41) is 3.26. The Morgan fingerprint density at radius 1 is 1.26 bits per heavy atom. The first kappa shape index (κ1) is 13.5. The molecule has 0 aliphatic heterocycles.